The standard InChI is InChI=1S/C17H25ClN2O2S/c1-17(2,3)16(22)20-10-4-5-15(21)19-11-12-23-14-8-6-13(18)7-9-14/h6-9H,4-5,10-12H2,1-3H3,(H,19,21)(H,20,22). The predicted molar refractivity (Wildman–Crippen MR) is 96.9 cm³/mol. The highest BCUT2D eigenvalue weighted by atomic mass is 35.5. The van der Waals surface area contributed by atoms with Crippen molar-refractivity contribution in [2.24, 2.45) is 5.41 Å². The molecule has 0 aromatic heterocycles. The van der Waals surface area contributed by atoms with E-state index in [-0.39, 0.29) is 17.2 Å². The van der Waals surface area contributed by atoms with Crippen LogP contribution in [0, 0.1) is 5.41 Å². The minimum Gasteiger partial charge on any atom is -0.356 e. The number of carbonyl (C=O) groups is 2. The molecule has 23 heavy (non-hydrogen) atoms. The number of rotatable bonds is 8. The average Bonchev–Trinajstić information content (AvgIpc) is 2.48. The Kier molecular flexibility index (Phi) is 8.48. The van der Waals surface area contributed by atoms with Crippen molar-refractivity contribution in [3.63, 3.8) is 0 Å². The Labute approximate surface area is 147 Å². The third-order valence-corrected chi connectivity index (χ3v) is 4.32. The number of benzene rings is 1. The number of halogens is 1. The van der Waals surface area contributed by atoms with Crippen molar-refractivity contribution in [2.75, 3.05) is 18.8 Å². The van der Waals surface area contributed by atoms with E-state index in [4.69, 9.17) is 11.6 Å². The highest BCUT2D eigenvalue weighted by Gasteiger charge is 2.20. The molecule has 0 aliphatic heterocycles. The second kappa shape index (κ2) is 9.83. The highest BCUT2D eigenvalue weighted by molar-refractivity contribution is 7.99. The fourth-order valence-electron chi connectivity index (χ4n) is 1.69. The molecule has 0 unspecified atom stereocenters. The fourth-order valence-corrected chi connectivity index (χ4v) is 2.59. The van der Waals surface area contributed by atoms with Crippen LogP contribution in [0.3, 0.4) is 0 Å². The summed E-state index contributed by atoms with van der Waals surface area (Å²) in [5.41, 5.74) is -0.388. The van der Waals surface area contributed by atoms with Crippen LogP contribution in [-0.2, 0) is 9.59 Å². The lowest BCUT2D eigenvalue weighted by molar-refractivity contribution is -0.128. The van der Waals surface area contributed by atoms with Gasteiger partial charge in [0.25, 0.3) is 0 Å². The second-order valence-corrected chi connectivity index (χ2v) is 7.87. The van der Waals surface area contributed by atoms with Crippen LogP contribution >= 0.6 is 23.4 Å². The van der Waals surface area contributed by atoms with Crippen molar-refractivity contribution < 1.29 is 9.59 Å². The third-order valence-electron chi connectivity index (χ3n) is 3.05. The molecule has 0 spiro atoms. The van der Waals surface area contributed by atoms with E-state index in [1.165, 1.54) is 0 Å². The van der Waals surface area contributed by atoms with Crippen LogP contribution in [0.25, 0.3) is 0 Å². The largest absolute Gasteiger partial charge is 0.356 e. The van der Waals surface area contributed by atoms with Gasteiger partial charge in [0.1, 0.15) is 0 Å². The molecule has 0 saturated carbocycles. The zero-order chi connectivity index (χ0) is 17.3. The molecule has 1 rings (SSSR count). The minimum atomic E-state index is -0.388. The van der Waals surface area contributed by atoms with Crippen LogP contribution in [0.1, 0.15) is 33.6 Å². The van der Waals surface area contributed by atoms with E-state index < -0.39 is 0 Å². The van der Waals surface area contributed by atoms with Gasteiger partial charge in [-0.1, -0.05) is 32.4 Å². The van der Waals surface area contributed by atoms with E-state index in [0.29, 0.717) is 25.9 Å². The number of carbonyl (C=O) groups excluding carboxylic acids is 2. The Morgan fingerprint density at radius 3 is 2.35 bits per heavy atom. The first-order valence-electron chi connectivity index (χ1n) is 7.72. The Morgan fingerprint density at radius 2 is 1.74 bits per heavy atom. The lowest BCUT2D eigenvalue weighted by Crippen LogP contribution is -2.35. The van der Waals surface area contributed by atoms with Gasteiger partial charge in [-0.2, -0.15) is 0 Å². The summed E-state index contributed by atoms with van der Waals surface area (Å²) in [5, 5.41) is 6.44. The maximum absolute atomic E-state index is 11.7. The maximum atomic E-state index is 11.7. The molecule has 128 valence electrons. The molecule has 0 fully saturated rings. The van der Waals surface area contributed by atoms with Gasteiger partial charge in [0, 0.05) is 40.6 Å². The third kappa shape index (κ3) is 8.86. The van der Waals surface area contributed by atoms with Gasteiger partial charge in [-0.3, -0.25) is 9.59 Å². The van der Waals surface area contributed by atoms with Crippen LogP contribution in [0.15, 0.2) is 29.2 Å². The van der Waals surface area contributed by atoms with Crippen molar-refractivity contribution in [1.29, 1.82) is 0 Å². The Hall–Kier alpha value is -1.20. The Bertz CT molecular complexity index is 512. The van der Waals surface area contributed by atoms with Gasteiger partial charge in [0.2, 0.25) is 11.8 Å². The van der Waals surface area contributed by atoms with Gasteiger partial charge in [-0.05, 0) is 30.7 Å². The zero-order valence-electron chi connectivity index (χ0n) is 13.9. The first kappa shape index (κ1) is 19.8. The molecular formula is C17H25ClN2O2S. The van der Waals surface area contributed by atoms with Gasteiger partial charge >= 0.3 is 0 Å². The molecule has 4 nitrogen and oxygen atoms in total. The molecule has 0 heterocycles. The van der Waals surface area contributed by atoms with Gasteiger partial charge < -0.3 is 10.6 Å². The summed E-state index contributed by atoms with van der Waals surface area (Å²) in [6.45, 7) is 6.76. The van der Waals surface area contributed by atoms with Crippen molar-refractivity contribution in [3.05, 3.63) is 29.3 Å². The average molecular weight is 357 g/mol. The molecule has 0 radical (unpaired) electrons. The van der Waals surface area contributed by atoms with E-state index in [2.05, 4.69) is 10.6 Å². The Morgan fingerprint density at radius 1 is 1.09 bits per heavy atom. The monoisotopic (exact) mass is 356 g/mol. The molecule has 2 amide bonds. The first-order chi connectivity index (χ1) is 10.8. The summed E-state index contributed by atoms with van der Waals surface area (Å²) >= 11 is 7.50. The summed E-state index contributed by atoms with van der Waals surface area (Å²) in [5.74, 6) is 0.845. The lowest BCUT2D eigenvalue weighted by atomic mass is 9.96. The van der Waals surface area contributed by atoms with Crippen molar-refractivity contribution in [2.45, 2.75) is 38.5 Å². The normalized spacial score (nSPS) is 11.1. The quantitative estimate of drug-likeness (QED) is 0.553. The molecule has 0 bridgehead atoms. The molecule has 6 heteroatoms. The molecular weight excluding hydrogens is 332 g/mol. The van der Waals surface area contributed by atoms with Crippen LogP contribution < -0.4 is 10.6 Å². The summed E-state index contributed by atoms with van der Waals surface area (Å²) in [6.07, 6.45) is 1.08. The minimum absolute atomic E-state index is 0.0114. The van der Waals surface area contributed by atoms with Crippen LogP contribution in [0.4, 0.5) is 0 Å². The number of hydrogen-bond donors (Lipinski definition) is 2. The highest BCUT2D eigenvalue weighted by Crippen LogP contribution is 2.19. The zero-order valence-corrected chi connectivity index (χ0v) is 15.5. The molecule has 1 aromatic rings. The molecule has 0 saturated heterocycles. The van der Waals surface area contributed by atoms with Crippen molar-refractivity contribution in [3.8, 4) is 0 Å². The van der Waals surface area contributed by atoms with Gasteiger partial charge in [0.15, 0.2) is 0 Å². The van der Waals surface area contributed by atoms with Crippen LogP contribution in [0.5, 0.6) is 0 Å². The summed E-state index contributed by atoms with van der Waals surface area (Å²) < 4.78 is 0. The van der Waals surface area contributed by atoms with Gasteiger partial charge in [-0.25, -0.2) is 0 Å². The number of nitrogens with one attached hydrogen (secondary N) is 2. The van der Waals surface area contributed by atoms with E-state index >= 15 is 0 Å². The summed E-state index contributed by atoms with van der Waals surface area (Å²) in [4.78, 5) is 24.5. The smallest absolute Gasteiger partial charge is 0.225 e. The summed E-state index contributed by atoms with van der Waals surface area (Å²) in [7, 11) is 0. The number of amides is 2. The lowest BCUT2D eigenvalue weighted by Gasteiger charge is -2.17. The SMILES string of the molecule is CC(C)(C)C(=O)NCCCC(=O)NCCSc1ccc(Cl)cc1. The molecule has 0 aliphatic carbocycles. The van der Waals surface area contributed by atoms with E-state index in [9.17, 15) is 9.59 Å². The number of thioether (sulfide) groups is 1. The van der Waals surface area contributed by atoms with Crippen molar-refractivity contribution in [1.82, 2.24) is 10.6 Å². The second-order valence-electron chi connectivity index (χ2n) is 6.26. The molecule has 0 aliphatic rings. The molecule has 0 atom stereocenters. The van der Waals surface area contributed by atoms with Gasteiger partial charge in [-0.15, -0.1) is 11.8 Å². The Balaban J connectivity index is 2.06. The summed E-state index contributed by atoms with van der Waals surface area (Å²) in [6, 6.07) is 7.64. The molecule has 1 aromatic carbocycles. The first-order valence-corrected chi connectivity index (χ1v) is 9.09. The predicted octanol–water partition coefficient (Wildman–Crippen LogP) is 3.49. The number of hydrogen-bond acceptors (Lipinski definition) is 3. The topological polar surface area (TPSA) is 58.2 Å². The fraction of sp³-hybridized carbons (Fsp3) is 0.529. The van der Waals surface area contributed by atoms with Crippen molar-refractivity contribution >= 4 is 35.2 Å². The molecule has 2 N–H and O–H groups in total. The van der Waals surface area contributed by atoms with E-state index in [0.717, 1.165) is 15.7 Å². The van der Waals surface area contributed by atoms with E-state index in [1.807, 2.05) is 45.0 Å². The van der Waals surface area contributed by atoms with Crippen LogP contribution in [0.2, 0.25) is 5.02 Å². The van der Waals surface area contributed by atoms with E-state index in [1.54, 1.807) is 11.8 Å². The maximum Gasteiger partial charge on any atom is 0.225 e. The van der Waals surface area contributed by atoms with Gasteiger partial charge in [0.05, 0.1) is 0 Å². The van der Waals surface area contributed by atoms with Crippen LogP contribution in [-0.4, -0.2) is 30.7 Å².